The SMILES string of the molecule is N#C/C(=C\c1ccc(C(=Cc2ccc(N(c3ccc(C=C(c4ccc(Cl)cc4)c4ccc(Cl)cc4)cc3)c3ccc(C=C(c4ccc(/C=C(\C#N)C(=O)O)cc4)c4ccc(/C=C(\C#N)C(=O)O)cc4)cc3)cc2)c2ccc(/C=C(\C#N)C(=O)O)cc2)cc1)C(=O)O. The zero-order valence-electron chi connectivity index (χ0n) is 47.7. The van der Waals surface area contributed by atoms with Crippen LogP contribution >= 0.6 is 23.2 Å². The number of hydrogen-bond acceptors (Lipinski definition) is 9. The van der Waals surface area contributed by atoms with Crippen LogP contribution < -0.4 is 4.90 Å². The van der Waals surface area contributed by atoms with Gasteiger partial charge in [-0.05, 0) is 192 Å². The van der Waals surface area contributed by atoms with Gasteiger partial charge < -0.3 is 25.3 Å². The van der Waals surface area contributed by atoms with Gasteiger partial charge in [0.15, 0.2) is 0 Å². The molecule has 15 heteroatoms. The predicted molar refractivity (Wildman–Crippen MR) is 356 cm³/mol. The number of hydrogen-bond donors (Lipinski definition) is 4. The van der Waals surface area contributed by atoms with E-state index in [0.29, 0.717) is 32.3 Å². The first-order chi connectivity index (χ1) is 44.0. The van der Waals surface area contributed by atoms with Crippen molar-refractivity contribution in [2.45, 2.75) is 0 Å². The van der Waals surface area contributed by atoms with Crippen molar-refractivity contribution in [3.63, 3.8) is 0 Å². The lowest BCUT2D eigenvalue weighted by molar-refractivity contribution is -0.133. The lowest BCUT2D eigenvalue weighted by atomic mass is 9.93. The highest BCUT2D eigenvalue weighted by molar-refractivity contribution is 6.31. The normalized spacial score (nSPS) is 11.3. The third-order valence-electron chi connectivity index (χ3n) is 14.2. The number of nitrogens with zero attached hydrogens (tertiary/aromatic N) is 5. The van der Waals surface area contributed by atoms with E-state index >= 15 is 0 Å². The van der Waals surface area contributed by atoms with E-state index in [1.807, 2.05) is 133 Å². The number of carboxylic acids is 4. The van der Waals surface area contributed by atoms with Gasteiger partial charge in [-0.2, -0.15) is 21.0 Å². The van der Waals surface area contributed by atoms with Crippen LogP contribution in [0.15, 0.2) is 241 Å². The molecule has 0 fully saturated rings. The molecule has 0 aliphatic heterocycles. The minimum Gasteiger partial charge on any atom is -0.477 e. The van der Waals surface area contributed by atoms with Crippen molar-refractivity contribution in [2.75, 3.05) is 4.90 Å². The average molecular weight is 1230 g/mol. The Bertz CT molecular complexity index is 4220. The summed E-state index contributed by atoms with van der Waals surface area (Å²) in [5.41, 5.74) is 12.4. The van der Waals surface area contributed by atoms with Gasteiger partial charge in [-0.1, -0.05) is 181 Å². The van der Waals surface area contributed by atoms with Crippen molar-refractivity contribution < 1.29 is 39.6 Å². The number of nitriles is 4. The number of anilines is 3. The van der Waals surface area contributed by atoms with Gasteiger partial charge in [0.2, 0.25) is 0 Å². The average Bonchev–Trinajstić information content (AvgIpc) is 1.48. The van der Waals surface area contributed by atoms with E-state index in [0.717, 1.165) is 83.9 Å². The Labute approximate surface area is 533 Å². The highest BCUT2D eigenvalue weighted by Crippen LogP contribution is 2.38. The van der Waals surface area contributed by atoms with Crippen LogP contribution in [0.1, 0.15) is 72.3 Å². The van der Waals surface area contributed by atoms with E-state index in [9.17, 15) is 60.7 Å². The van der Waals surface area contributed by atoms with E-state index in [1.165, 1.54) is 24.3 Å². The van der Waals surface area contributed by atoms with E-state index in [2.05, 4.69) is 11.0 Å². The Morgan fingerprint density at radius 2 is 0.440 bits per heavy atom. The molecule has 0 amide bonds. The molecule has 0 aliphatic carbocycles. The second kappa shape index (κ2) is 29.2. The summed E-state index contributed by atoms with van der Waals surface area (Å²) in [6, 6.07) is 74.0. The molecule has 0 aromatic heterocycles. The number of halogens is 2. The van der Waals surface area contributed by atoms with Crippen LogP contribution in [0, 0.1) is 45.3 Å². The Morgan fingerprint density at radius 3 is 0.615 bits per heavy atom. The smallest absolute Gasteiger partial charge is 0.346 e. The predicted octanol–water partition coefficient (Wildman–Crippen LogP) is 17.2. The second-order valence-corrected chi connectivity index (χ2v) is 21.1. The lowest BCUT2D eigenvalue weighted by Crippen LogP contribution is -2.09. The van der Waals surface area contributed by atoms with E-state index in [4.69, 9.17) is 23.2 Å². The minimum absolute atomic E-state index is 0.427. The maximum Gasteiger partial charge on any atom is 0.346 e. The number of rotatable bonds is 20. The molecule has 0 saturated carbocycles. The fraction of sp³-hybridized carbons (Fsp3) is 0. The van der Waals surface area contributed by atoms with Crippen LogP contribution in [0.4, 0.5) is 17.1 Å². The van der Waals surface area contributed by atoms with Crippen molar-refractivity contribution in [2.24, 2.45) is 0 Å². The monoisotopic (exact) mass is 1230 g/mol. The van der Waals surface area contributed by atoms with Gasteiger partial charge in [-0.3, -0.25) is 0 Å². The van der Waals surface area contributed by atoms with Crippen molar-refractivity contribution in [3.05, 3.63) is 323 Å². The van der Waals surface area contributed by atoms with Crippen LogP contribution in [-0.2, 0) is 19.2 Å². The maximum atomic E-state index is 11.7. The number of carboxylic acid groups (broad SMARTS) is 4. The van der Waals surface area contributed by atoms with Gasteiger partial charge in [-0.25, -0.2) is 19.2 Å². The molecular formula is C76H47Cl2N5O8. The molecule has 0 radical (unpaired) electrons. The Hall–Kier alpha value is -12.6. The summed E-state index contributed by atoms with van der Waals surface area (Å²) in [6.07, 6.45) is 11.2. The fourth-order valence-corrected chi connectivity index (χ4v) is 9.89. The summed E-state index contributed by atoms with van der Waals surface area (Å²) >= 11 is 12.7. The molecule has 9 rings (SSSR count). The zero-order valence-corrected chi connectivity index (χ0v) is 49.3. The number of aliphatic carboxylic acids is 4. The molecule has 0 bridgehead atoms. The summed E-state index contributed by atoms with van der Waals surface area (Å²) in [6.45, 7) is 0. The largest absolute Gasteiger partial charge is 0.477 e. The molecule has 13 nitrogen and oxygen atoms in total. The summed E-state index contributed by atoms with van der Waals surface area (Å²) in [4.78, 5) is 48.7. The molecule has 9 aromatic rings. The Morgan fingerprint density at radius 1 is 0.275 bits per heavy atom. The molecule has 438 valence electrons. The molecule has 0 unspecified atom stereocenters. The summed E-state index contributed by atoms with van der Waals surface area (Å²) in [5, 5.41) is 76.9. The quantitative estimate of drug-likeness (QED) is 0.0315. The fourth-order valence-electron chi connectivity index (χ4n) is 9.63. The number of benzene rings is 9. The first-order valence-corrected chi connectivity index (χ1v) is 28.3. The number of carbonyl (C=O) groups is 4. The van der Waals surface area contributed by atoms with Gasteiger partial charge in [0.05, 0.1) is 0 Å². The molecule has 0 saturated heterocycles. The Balaban J connectivity index is 1.15. The maximum absolute atomic E-state index is 11.7. The molecule has 0 heterocycles. The minimum atomic E-state index is -1.35. The van der Waals surface area contributed by atoms with E-state index < -0.39 is 46.2 Å². The van der Waals surface area contributed by atoms with Gasteiger partial charge in [-0.15, -0.1) is 0 Å². The standard InChI is InChI=1S/C76H47Cl2N5O8/c77-65-27-23-59(24-28-65)72(60-25-29-66(78)30-26-60)43-54-13-35-69(36-14-54)83(67-31-9-52(10-32-67)41-70(55-15-1-48(2-16-55)37-61(44-79)73(84)85)56-17-3-49(4-18-56)38-62(45-80)74(86)87)68-33-11-53(12-34-68)42-71(57-19-5-50(6-20-57)39-63(46-81)75(88)89)58-21-7-51(8-22-58)40-64(47-82)76(90)91/h1-43H,(H,84,85)(H,86,87)(H,88,89)(H,90,91)/b61-37+,62-38+,63-39+,64-40+. The topological polar surface area (TPSA) is 248 Å². The molecule has 0 aliphatic rings. The van der Waals surface area contributed by atoms with Crippen LogP contribution in [0.25, 0.3) is 59.3 Å². The first kappa shape index (κ1) is 62.9. The summed E-state index contributed by atoms with van der Waals surface area (Å²) in [5.74, 6) is -5.41. The highest BCUT2D eigenvalue weighted by Gasteiger charge is 2.17. The van der Waals surface area contributed by atoms with E-state index in [-0.39, 0.29) is 0 Å². The third kappa shape index (κ3) is 16.1. The van der Waals surface area contributed by atoms with Gasteiger partial charge in [0.1, 0.15) is 46.6 Å². The van der Waals surface area contributed by atoms with Crippen LogP contribution in [0.2, 0.25) is 10.0 Å². The molecule has 9 aromatic carbocycles. The first-order valence-electron chi connectivity index (χ1n) is 27.6. The van der Waals surface area contributed by atoms with Crippen molar-refractivity contribution >= 4 is 123 Å². The molecule has 4 N–H and O–H groups in total. The third-order valence-corrected chi connectivity index (χ3v) is 14.7. The second-order valence-electron chi connectivity index (χ2n) is 20.2. The van der Waals surface area contributed by atoms with Crippen molar-refractivity contribution in [3.8, 4) is 24.3 Å². The van der Waals surface area contributed by atoms with Gasteiger partial charge >= 0.3 is 23.9 Å². The van der Waals surface area contributed by atoms with E-state index in [1.54, 1.807) is 121 Å². The molecule has 91 heavy (non-hydrogen) atoms. The van der Waals surface area contributed by atoms with Crippen LogP contribution in [0.5, 0.6) is 0 Å². The lowest BCUT2D eigenvalue weighted by Gasteiger charge is -2.26. The summed E-state index contributed by atoms with van der Waals surface area (Å²) < 4.78 is 0. The summed E-state index contributed by atoms with van der Waals surface area (Å²) in [7, 11) is 0. The van der Waals surface area contributed by atoms with Gasteiger partial charge in [0.25, 0.3) is 0 Å². The van der Waals surface area contributed by atoms with Crippen molar-refractivity contribution in [1.82, 2.24) is 0 Å². The van der Waals surface area contributed by atoms with Gasteiger partial charge in [0, 0.05) is 27.1 Å². The van der Waals surface area contributed by atoms with Crippen LogP contribution in [0.3, 0.4) is 0 Å². The highest BCUT2D eigenvalue weighted by atomic mass is 35.5. The Kier molecular flexibility index (Phi) is 20.2. The molecular weight excluding hydrogens is 1180 g/mol. The molecule has 0 atom stereocenters. The molecule has 0 spiro atoms. The zero-order chi connectivity index (χ0) is 64.6. The van der Waals surface area contributed by atoms with Crippen molar-refractivity contribution in [1.29, 1.82) is 21.0 Å². The van der Waals surface area contributed by atoms with Crippen LogP contribution in [-0.4, -0.2) is 44.3 Å².